The average molecular weight is 215 g/mol. The quantitative estimate of drug-likeness (QED) is 0.452. The molecule has 4 heteroatoms. The second kappa shape index (κ2) is 4.20. The smallest absolute Gasteiger partial charge is 0.265 e. The van der Waals surface area contributed by atoms with Crippen LogP contribution in [0.5, 0.6) is 0 Å². The number of rotatable bonds is 2. The van der Waals surface area contributed by atoms with Gasteiger partial charge in [0.05, 0.1) is 0 Å². The minimum absolute atomic E-state index is 0.284. The van der Waals surface area contributed by atoms with Crippen LogP contribution < -0.4 is 11.3 Å². The van der Waals surface area contributed by atoms with Crippen molar-refractivity contribution in [2.45, 2.75) is 6.92 Å². The first-order valence-electron chi connectivity index (χ1n) is 4.97. The van der Waals surface area contributed by atoms with E-state index in [1.165, 1.54) is 0 Å². The SMILES string of the molecule is Cc1ccc(C(=O)NN)cc1-n1cccc1. The summed E-state index contributed by atoms with van der Waals surface area (Å²) in [5, 5.41) is 0. The Kier molecular flexibility index (Phi) is 2.74. The number of hydrogen-bond acceptors (Lipinski definition) is 2. The van der Waals surface area contributed by atoms with Gasteiger partial charge in [-0.25, -0.2) is 5.84 Å². The number of nitrogens with two attached hydrogens (primary N) is 1. The second-order valence-electron chi connectivity index (χ2n) is 3.57. The van der Waals surface area contributed by atoms with Crippen molar-refractivity contribution in [1.82, 2.24) is 9.99 Å². The zero-order chi connectivity index (χ0) is 11.5. The van der Waals surface area contributed by atoms with Crippen molar-refractivity contribution in [2.75, 3.05) is 0 Å². The van der Waals surface area contributed by atoms with Crippen molar-refractivity contribution >= 4 is 5.91 Å². The largest absolute Gasteiger partial charge is 0.324 e. The van der Waals surface area contributed by atoms with Gasteiger partial charge in [-0.15, -0.1) is 0 Å². The summed E-state index contributed by atoms with van der Waals surface area (Å²) in [7, 11) is 0. The van der Waals surface area contributed by atoms with Crippen LogP contribution in [0, 0.1) is 6.92 Å². The summed E-state index contributed by atoms with van der Waals surface area (Å²) in [5.41, 5.74) is 4.76. The van der Waals surface area contributed by atoms with E-state index in [4.69, 9.17) is 5.84 Å². The molecule has 1 amide bonds. The highest BCUT2D eigenvalue weighted by Gasteiger charge is 2.07. The number of carbonyl (C=O) groups excluding carboxylic acids is 1. The van der Waals surface area contributed by atoms with Gasteiger partial charge in [0, 0.05) is 23.6 Å². The molecule has 0 saturated carbocycles. The Balaban J connectivity index is 2.49. The highest BCUT2D eigenvalue weighted by Crippen LogP contribution is 2.16. The summed E-state index contributed by atoms with van der Waals surface area (Å²) in [6, 6.07) is 9.35. The number of carbonyl (C=O) groups is 1. The van der Waals surface area contributed by atoms with E-state index < -0.39 is 0 Å². The summed E-state index contributed by atoms with van der Waals surface area (Å²) in [6.07, 6.45) is 3.87. The van der Waals surface area contributed by atoms with E-state index in [2.05, 4.69) is 5.43 Å². The number of aryl methyl sites for hydroxylation is 1. The van der Waals surface area contributed by atoms with Gasteiger partial charge in [0.2, 0.25) is 0 Å². The molecule has 0 aliphatic carbocycles. The van der Waals surface area contributed by atoms with Crippen LogP contribution in [0.25, 0.3) is 5.69 Å². The van der Waals surface area contributed by atoms with E-state index in [-0.39, 0.29) is 5.91 Å². The molecule has 1 aromatic carbocycles. The summed E-state index contributed by atoms with van der Waals surface area (Å²) in [6.45, 7) is 2.00. The minimum atomic E-state index is -0.284. The van der Waals surface area contributed by atoms with E-state index in [0.717, 1.165) is 11.3 Å². The van der Waals surface area contributed by atoms with Crippen molar-refractivity contribution in [3.8, 4) is 5.69 Å². The van der Waals surface area contributed by atoms with E-state index in [0.29, 0.717) is 5.56 Å². The van der Waals surface area contributed by atoms with Crippen LogP contribution in [0.4, 0.5) is 0 Å². The molecule has 0 unspecified atom stereocenters. The summed E-state index contributed by atoms with van der Waals surface area (Å²) < 4.78 is 1.96. The number of hydrazine groups is 1. The zero-order valence-electron chi connectivity index (χ0n) is 8.97. The summed E-state index contributed by atoms with van der Waals surface area (Å²) in [4.78, 5) is 11.4. The van der Waals surface area contributed by atoms with Crippen LogP contribution in [0.2, 0.25) is 0 Å². The van der Waals surface area contributed by atoms with Gasteiger partial charge in [-0.1, -0.05) is 6.07 Å². The first kappa shape index (κ1) is 10.4. The Labute approximate surface area is 93.7 Å². The lowest BCUT2D eigenvalue weighted by atomic mass is 10.1. The van der Waals surface area contributed by atoms with Crippen LogP contribution in [-0.2, 0) is 0 Å². The summed E-state index contributed by atoms with van der Waals surface area (Å²) >= 11 is 0. The predicted octanol–water partition coefficient (Wildman–Crippen LogP) is 1.39. The molecule has 1 heterocycles. The molecular weight excluding hydrogens is 202 g/mol. The maximum atomic E-state index is 11.4. The molecule has 0 aliphatic rings. The molecular formula is C12H13N3O. The number of aromatic nitrogens is 1. The lowest BCUT2D eigenvalue weighted by Crippen LogP contribution is -2.30. The fourth-order valence-electron chi connectivity index (χ4n) is 1.61. The molecule has 0 saturated heterocycles. The fraction of sp³-hybridized carbons (Fsp3) is 0.0833. The topological polar surface area (TPSA) is 60.1 Å². The maximum absolute atomic E-state index is 11.4. The maximum Gasteiger partial charge on any atom is 0.265 e. The Morgan fingerprint density at radius 1 is 1.31 bits per heavy atom. The Morgan fingerprint density at radius 2 is 2.00 bits per heavy atom. The van der Waals surface area contributed by atoms with Gasteiger partial charge in [-0.2, -0.15) is 0 Å². The number of nitrogens with one attached hydrogen (secondary N) is 1. The highest BCUT2D eigenvalue weighted by molar-refractivity contribution is 5.94. The molecule has 2 rings (SSSR count). The highest BCUT2D eigenvalue weighted by atomic mass is 16.2. The van der Waals surface area contributed by atoms with Crippen molar-refractivity contribution in [1.29, 1.82) is 0 Å². The molecule has 1 aromatic heterocycles. The zero-order valence-corrected chi connectivity index (χ0v) is 8.97. The fourth-order valence-corrected chi connectivity index (χ4v) is 1.61. The third-order valence-corrected chi connectivity index (χ3v) is 2.49. The van der Waals surface area contributed by atoms with Gasteiger partial charge in [0.15, 0.2) is 0 Å². The molecule has 0 radical (unpaired) electrons. The van der Waals surface area contributed by atoms with Gasteiger partial charge >= 0.3 is 0 Å². The van der Waals surface area contributed by atoms with Crippen molar-refractivity contribution in [2.24, 2.45) is 5.84 Å². The van der Waals surface area contributed by atoms with Gasteiger partial charge in [-0.05, 0) is 36.8 Å². The summed E-state index contributed by atoms with van der Waals surface area (Å²) in [5.74, 6) is 4.82. The number of nitrogen functional groups attached to an aromatic ring is 1. The monoisotopic (exact) mass is 215 g/mol. The van der Waals surface area contributed by atoms with Gasteiger partial charge in [0.1, 0.15) is 0 Å². The molecule has 16 heavy (non-hydrogen) atoms. The van der Waals surface area contributed by atoms with E-state index in [9.17, 15) is 4.79 Å². The van der Waals surface area contributed by atoms with Crippen molar-refractivity contribution < 1.29 is 4.79 Å². The Morgan fingerprint density at radius 3 is 2.62 bits per heavy atom. The average Bonchev–Trinajstić information content (AvgIpc) is 2.82. The van der Waals surface area contributed by atoms with Crippen LogP contribution >= 0.6 is 0 Å². The van der Waals surface area contributed by atoms with Crippen molar-refractivity contribution in [3.05, 3.63) is 53.9 Å². The number of amides is 1. The molecule has 2 aromatic rings. The number of benzene rings is 1. The lowest BCUT2D eigenvalue weighted by Gasteiger charge is -2.09. The molecule has 0 bridgehead atoms. The third kappa shape index (κ3) is 1.83. The molecule has 0 aliphatic heterocycles. The van der Waals surface area contributed by atoms with E-state index in [1.54, 1.807) is 6.07 Å². The molecule has 3 N–H and O–H groups in total. The Hall–Kier alpha value is -2.07. The van der Waals surface area contributed by atoms with E-state index in [1.807, 2.05) is 48.1 Å². The molecule has 82 valence electrons. The lowest BCUT2D eigenvalue weighted by molar-refractivity contribution is 0.0953. The van der Waals surface area contributed by atoms with Gasteiger partial charge < -0.3 is 4.57 Å². The van der Waals surface area contributed by atoms with Gasteiger partial charge in [-0.3, -0.25) is 10.2 Å². The number of nitrogens with zero attached hydrogens (tertiary/aromatic N) is 1. The Bertz CT molecular complexity index is 503. The second-order valence-corrected chi connectivity index (χ2v) is 3.57. The standard InChI is InChI=1S/C12H13N3O/c1-9-4-5-10(12(16)14-13)8-11(9)15-6-2-3-7-15/h2-8H,13H2,1H3,(H,14,16). The van der Waals surface area contributed by atoms with Crippen LogP contribution in [0.1, 0.15) is 15.9 Å². The molecule has 0 spiro atoms. The van der Waals surface area contributed by atoms with Crippen LogP contribution in [0.3, 0.4) is 0 Å². The minimum Gasteiger partial charge on any atom is -0.324 e. The normalized spacial score (nSPS) is 10.1. The number of hydrogen-bond donors (Lipinski definition) is 2. The van der Waals surface area contributed by atoms with Crippen molar-refractivity contribution in [3.63, 3.8) is 0 Å². The van der Waals surface area contributed by atoms with Gasteiger partial charge in [0.25, 0.3) is 5.91 Å². The van der Waals surface area contributed by atoms with Crippen LogP contribution in [0.15, 0.2) is 42.7 Å². The third-order valence-electron chi connectivity index (χ3n) is 2.49. The molecule has 4 nitrogen and oxygen atoms in total. The molecule has 0 atom stereocenters. The molecule has 0 fully saturated rings. The first-order chi connectivity index (χ1) is 7.72. The predicted molar refractivity (Wildman–Crippen MR) is 62.2 cm³/mol. The first-order valence-corrected chi connectivity index (χ1v) is 4.97. The van der Waals surface area contributed by atoms with Crippen LogP contribution in [-0.4, -0.2) is 10.5 Å². The van der Waals surface area contributed by atoms with E-state index >= 15 is 0 Å².